The lowest BCUT2D eigenvalue weighted by Crippen LogP contribution is -1.84. The first-order chi connectivity index (χ1) is 10.1. The summed E-state index contributed by atoms with van der Waals surface area (Å²) in [6.45, 7) is 2.65. The van der Waals surface area contributed by atoms with Gasteiger partial charge in [-0.3, -0.25) is 4.57 Å². The molecule has 0 radical (unpaired) electrons. The zero-order valence-electron chi connectivity index (χ0n) is 13.9. The average molecular weight is 324 g/mol. The van der Waals surface area contributed by atoms with Gasteiger partial charge in [0.15, 0.2) is 0 Å². The topological polar surface area (TPSA) is 77.8 Å². The highest BCUT2D eigenvalue weighted by Gasteiger charge is 1.93. The van der Waals surface area contributed by atoms with Gasteiger partial charge in [-0.05, 0) is 6.42 Å². The molecular weight excluding hydrogens is 287 g/mol. The van der Waals surface area contributed by atoms with Crippen molar-refractivity contribution < 1.29 is 19.5 Å². The number of rotatable bonds is 14. The Hall–Kier alpha value is 0.110. The summed E-state index contributed by atoms with van der Waals surface area (Å²) in [7, 11) is -3.13. The van der Waals surface area contributed by atoms with Crippen LogP contribution in [0.1, 0.15) is 96.8 Å². The van der Waals surface area contributed by atoms with Crippen molar-refractivity contribution in [3.63, 3.8) is 0 Å². The maximum absolute atomic E-state index is 8.74. The first kappa shape index (κ1) is 23.4. The first-order valence-electron chi connectivity index (χ1n) is 8.67. The molecule has 3 N–H and O–H groups in total. The van der Waals surface area contributed by atoms with Crippen LogP contribution in [0.4, 0.5) is 0 Å². The fraction of sp³-hybridized carbons (Fsp3) is 1.00. The van der Waals surface area contributed by atoms with Gasteiger partial charge in [-0.1, -0.05) is 90.4 Å². The normalized spacial score (nSPS) is 10.5. The second-order valence-corrected chi connectivity index (χ2v) is 6.17. The van der Waals surface area contributed by atoms with Crippen molar-refractivity contribution >= 4 is 8.25 Å². The molecule has 0 aromatic rings. The predicted octanol–water partition coefficient (Wildman–Crippen LogP) is 4.82. The molecule has 5 heteroatoms. The zero-order valence-corrected chi connectivity index (χ0v) is 14.9. The summed E-state index contributed by atoms with van der Waals surface area (Å²) in [4.78, 5) is 14.3. The minimum Gasteiger partial charge on any atom is -0.396 e. The quantitative estimate of drug-likeness (QED) is 0.316. The smallest absolute Gasteiger partial charge is 0.314 e. The summed E-state index contributed by atoms with van der Waals surface area (Å²) in [6, 6.07) is 0. The molecule has 4 nitrogen and oxygen atoms in total. The highest BCUT2D eigenvalue weighted by Crippen LogP contribution is 2.12. The number of aliphatic hydroxyl groups excluding tert-OH is 1. The van der Waals surface area contributed by atoms with Crippen molar-refractivity contribution in [2.75, 3.05) is 6.61 Å². The Balaban J connectivity index is 0. The molecule has 0 aliphatic rings. The number of hydrogen-bond donors (Lipinski definition) is 3. The molecule has 0 spiro atoms. The van der Waals surface area contributed by atoms with Crippen LogP contribution in [0, 0.1) is 0 Å². The van der Waals surface area contributed by atoms with Crippen molar-refractivity contribution in [1.82, 2.24) is 0 Å². The molecule has 0 unspecified atom stereocenters. The van der Waals surface area contributed by atoms with E-state index in [4.69, 9.17) is 19.5 Å². The van der Waals surface area contributed by atoms with Gasteiger partial charge in [-0.2, -0.15) is 0 Å². The largest absolute Gasteiger partial charge is 0.396 e. The minimum atomic E-state index is -3.13. The fourth-order valence-corrected chi connectivity index (χ4v) is 2.31. The van der Waals surface area contributed by atoms with Crippen molar-refractivity contribution in [2.45, 2.75) is 96.8 Å². The van der Waals surface area contributed by atoms with Crippen LogP contribution in [0.5, 0.6) is 0 Å². The molecule has 21 heavy (non-hydrogen) atoms. The lowest BCUT2D eigenvalue weighted by atomic mass is 10.0. The number of unbranched alkanes of at least 4 members (excludes halogenated alkanes) is 13. The summed E-state index contributed by atoms with van der Waals surface area (Å²) >= 11 is 0. The van der Waals surface area contributed by atoms with E-state index in [0.29, 0.717) is 6.61 Å². The molecule has 0 bridgehead atoms. The van der Waals surface area contributed by atoms with Gasteiger partial charge in [0, 0.05) is 6.61 Å². The maximum atomic E-state index is 8.74. The van der Waals surface area contributed by atoms with Crippen molar-refractivity contribution in [1.29, 1.82) is 0 Å². The summed E-state index contributed by atoms with van der Waals surface area (Å²) < 4.78 is 8.74. The molecule has 0 aromatic heterocycles. The van der Waals surface area contributed by atoms with E-state index < -0.39 is 8.25 Å². The molecule has 0 amide bonds. The highest BCUT2D eigenvalue weighted by molar-refractivity contribution is 7.30. The zero-order chi connectivity index (χ0) is 16.2. The van der Waals surface area contributed by atoms with Crippen molar-refractivity contribution in [2.24, 2.45) is 0 Å². The van der Waals surface area contributed by atoms with E-state index in [2.05, 4.69) is 6.92 Å². The Morgan fingerprint density at radius 1 is 0.619 bits per heavy atom. The van der Waals surface area contributed by atoms with Crippen LogP contribution in [0.2, 0.25) is 0 Å². The average Bonchev–Trinajstić information content (AvgIpc) is 2.43. The Morgan fingerprint density at radius 2 is 0.857 bits per heavy atom. The van der Waals surface area contributed by atoms with Gasteiger partial charge in [0.1, 0.15) is 0 Å². The second-order valence-electron chi connectivity index (χ2n) is 5.60. The molecule has 0 aliphatic heterocycles. The molecule has 0 aromatic carbocycles. The Kier molecular flexibility index (Phi) is 24.9. The molecule has 130 valence electrons. The SMILES string of the molecule is CCCCCCCCCCCCCCCCO.O=[PH](O)O. The first-order valence-corrected chi connectivity index (χ1v) is 9.98. The number of hydrogen-bond acceptors (Lipinski definition) is 2. The molecule has 0 heterocycles. The van der Waals surface area contributed by atoms with E-state index in [1.165, 1.54) is 83.5 Å². The number of aliphatic hydroxyl groups is 1. The Morgan fingerprint density at radius 3 is 1.10 bits per heavy atom. The van der Waals surface area contributed by atoms with E-state index >= 15 is 0 Å². The van der Waals surface area contributed by atoms with E-state index in [1.807, 2.05) is 0 Å². The van der Waals surface area contributed by atoms with Gasteiger partial charge < -0.3 is 14.9 Å². The van der Waals surface area contributed by atoms with E-state index in [1.54, 1.807) is 0 Å². The lowest BCUT2D eigenvalue weighted by molar-refractivity contribution is 0.282. The highest BCUT2D eigenvalue weighted by atomic mass is 31.1. The minimum absolute atomic E-state index is 0.373. The molecule has 0 aliphatic carbocycles. The monoisotopic (exact) mass is 324 g/mol. The van der Waals surface area contributed by atoms with Crippen LogP contribution in [-0.4, -0.2) is 21.5 Å². The van der Waals surface area contributed by atoms with Crippen molar-refractivity contribution in [3.05, 3.63) is 0 Å². The Labute approximate surface area is 131 Å². The van der Waals surface area contributed by atoms with Gasteiger partial charge >= 0.3 is 8.25 Å². The summed E-state index contributed by atoms with van der Waals surface area (Å²) in [5.41, 5.74) is 0. The third-order valence-electron chi connectivity index (χ3n) is 3.51. The van der Waals surface area contributed by atoms with E-state index in [0.717, 1.165) is 6.42 Å². The predicted molar refractivity (Wildman–Crippen MR) is 90.8 cm³/mol. The third kappa shape index (κ3) is 33.1. The Bertz CT molecular complexity index is 183. The molecule has 0 saturated carbocycles. The van der Waals surface area contributed by atoms with Gasteiger partial charge in [-0.15, -0.1) is 0 Å². The van der Waals surface area contributed by atoms with Gasteiger partial charge in [-0.25, -0.2) is 0 Å². The van der Waals surface area contributed by atoms with Crippen LogP contribution >= 0.6 is 8.25 Å². The van der Waals surface area contributed by atoms with Crippen LogP contribution in [0.3, 0.4) is 0 Å². The fourth-order valence-electron chi connectivity index (χ4n) is 2.31. The van der Waals surface area contributed by atoms with Crippen LogP contribution in [-0.2, 0) is 4.57 Å². The molecule has 0 fully saturated rings. The third-order valence-corrected chi connectivity index (χ3v) is 3.51. The van der Waals surface area contributed by atoms with Gasteiger partial charge in [0.25, 0.3) is 0 Å². The summed E-state index contributed by atoms with van der Waals surface area (Å²) in [6.07, 6.45) is 19.2. The molecule has 0 saturated heterocycles. The standard InChI is InChI=1S/C16H34O.H3O3P/c1-2-3-4-5-6-7-8-9-10-11-12-13-14-15-16-17;1-4(2)3/h17H,2-16H2,1H3;4H,(H2,1,2,3). The van der Waals surface area contributed by atoms with Crippen LogP contribution in [0.15, 0.2) is 0 Å². The van der Waals surface area contributed by atoms with E-state index in [9.17, 15) is 0 Å². The van der Waals surface area contributed by atoms with Crippen molar-refractivity contribution in [3.8, 4) is 0 Å². The van der Waals surface area contributed by atoms with Gasteiger partial charge in [0.2, 0.25) is 0 Å². The van der Waals surface area contributed by atoms with Gasteiger partial charge in [0.05, 0.1) is 0 Å². The van der Waals surface area contributed by atoms with E-state index in [-0.39, 0.29) is 0 Å². The molecule has 0 rings (SSSR count). The summed E-state index contributed by atoms with van der Waals surface area (Å²) in [5, 5.41) is 8.64. The maximum Gasteiger partial charge on any atom is 0.314 e. The molecule has 0 atom stereocenters. The second kappa shape index (κ2) is 22.4. The summed E-state index contributed by atoms with van der Waals surface area (Å²) in [5.74, 6) is 0. The molecular formula is C16H37O4P. The van der Waals surface area contributed by atoms with Crippen LogP contribution in [0.25, 0.3) is 0 Å². The lowest BCUT2D eigenvalue weighted by Gasteiger charge is -2.02. The van der Waals surface area contributed by atoms with Crippen LogP contribution < -0.4 is 0 Å².